The number of aryl methyl sites for hydroxylation is 10. The van der Waals surface area contributed by atoms with Crippen molar-refractivity contribution in [1.29, 1.82) is 0 Å². The minimum absolute atomic E-state index is 0.444. The van der Waals surface area contributed by atoms with E-state index in [2.05, 4.69) is 42.8 Å². The highest BCUT2D eigenvalue weighted by Crippen LogP contribution is 2.27. The molecule has 0 atom stereocenters. The van der Waals surface area contributed by atoms with Crippen LogP contribution in [0.3, 0.4) is 0 Å². The van der Waals surface area contributed by atoms with Gasteiger partial charge in [-0.3, -0.25) is 0 Å². The Morgan fingerprint density at radius 3 is 1.05 bits per heavy atom. The molecule has 0 spiro atoms. The van der Waals surface area contributed by atoms with Crippen molar-refractivity contribution in [3.63, 3.8) is 0 Å². The fourth-order valence-corrected chi connectivity index (χ4v) is 8.26. The summed E-state index contributed by atoms with van der Waals surface area (Å²) in [5.41, 5.74) is 16.2. The smallest absolute Gasteiger partial charge is 0.0496 e. The summed E-state index contributed by atoms with van der Waals surface area (Å²) in [6.07, 6.45) is 0. The Morgan fingerprint density at radius 2 is 0.767 bits per heavy atom. The maximum Gasteiger partial charge on any atom is 0.0496 e. The topological polar surface area (TPSA) is 9.23 Å². The van der Waals surface area contributed by atoms with E-state index in [-0.39, 0.29) is 0 Å². The van der Waals surface area contributed by atoms with Gasteiger partial charge < -0.3 is 4.74 Å². The summed E-state index contributed by atoms with van der Waals surface area (Å²) in [6.45, 7) is 30.9. The van der Waals surface area contributed by atoms with Crippen molar-refractivity contribution in [3.8, 4) is 0 Å². The van der Waals surface area contributed by atoms with Crippen LogP contribution in [0.4, 0.5) is 0 Å². The molecule has 0 aromatic heterocycles. The summed E-state index contributed by atoms with van der Waals surface area (Å²) in [5, 5.41) is 0. The largest absolute Gasteiger partial charge is 0.388 e. The van der Waals surface area contributed by atoms with Gasteiger partial charge in [-0.2, -0.15) is 0 Å². The fraction of sp³-hybridized carbons (Fsp3) is 0.494. The molecule has 0 amide bonds. The highest BCUT2D eigenvalue weighted by molar-refractivity contribution is 6.78. The van der Waals surface area contributed by atoms with E-state index in [4.69, 9.17) is 38.4 Å². The van der Waals surface area contributed by atoms with Crippen LogP contribution in [0.2, 0.25) is 50.6 Å². The lowest BCUT2D eigenvalue weighted by molar-refractivity contribution is 0.277. The van der Waals surface area contributed by atoms with E-state index >= 15 is 0 Å². The van der Waals surface area contributed by atoms with E-state index in [9.17, 15) is 0 Å². The number of methoxy groups -OCH3 is 1. The Hall–Kier alpha value is -5.07. The van der Waals surface area contributed by atoms with Crippen molar-refractivity contribution in [2.75, 3.05) is 14.2 Å². The Bertz CT molecular complexity index is 3770. The molecule has 0 bridgehead atoms. The van der Waals surface area contributed by atoms with Gasteiger partial charge in [-0.25, -0.2) is 0 Å². The molecule has 0 unspecified atom stereocenters. The SMILES string of the molecule is COC.Cc1ccc(C)cc1.[2H]C(C)(C)c1cccc(C([2H])(C)C)c1C.[2H]C(C)(C)c1ccccc1C.[2H]C(C)(C)c1ccccc1C.[2H]C([2H])([2H])C(C)(C)c1ccccc1C.[2H]C([2H])([2H])C([2H])([2H])[Si](C)(C([2H])([2H])C)C([2H])([2H])C.[2H]C([2H])([2H])[Si](C)(C)C([2H])([2H])[2H].[2H]C([2H])([2H])c1cc(C)cc(C)c1C.[2H]C([2H])([2H])c1ccccc1C. The number of hydrogen-bond donors (Lipinski definition) is 0. The summed E-state index contributed by atoms with van der Waals surface area (Å²) in [4.78, 5) is 0. The lowest BCUT2D eigenvalue weighted by atomic mass is 9.84. The molecule has 86 heavy (non-hydrogen) atoms. The minimum atomic E-state index is -4.08. The van der Waals surface area contributed by atoms with Crippen molar-refractivity contribution in [1.82, 2.24) is 0 Å². The van der Waals surface area contributed by atoms with Gasteiger partial charge in [0.05, 0.1) is 0 Å². The second kappa shape index (κ2) is 45.2. The first kappa shape index (κ1) is 46.1. The van der Waals surface area contributed by atoms with Crippen molar-refractivity contribution in [3.05, 3.63) is 246 Å². The Balaban J connectivity index is -0.00000122. The van der Waals surface area contributed by atoms with Crippen LogP contribution >= 0.6 is 0 Å². The highest BCUT2D eigenvalue weighted by atomic mass is 28.3. The first-order valence-corrected chi connectivity index (χ1v) is 34.8. The summed E-state index contributed by atoms with van der Waals surface area (Å²) < 4.78 is 212. The van der Waals surface area contributed by atoms with Gasteiger partial charge in [0.2, 0.25) is 0 Å². The highest BCUT2D eigenvalue weighted by Gasteiger charge is 2.18. The third-order valence-electron chi connectivity index (χ3n) is 13.0. The lowest BCUT2D eigenvalue weighted by Gasteiger charge is -2.21. The zero-order chi connectivity index (χ0) is 91.2. The van der Waals surface area contributed by atoms with E-state index in [0.717, 1.165) is 81.6 Å². The summed E-state index contributed by atoms with van der Waals surface area (Å²) in [6, 6.07) is 48.9. The van der Waals surface area contributed by atoms with Crippen LogP contribution < -0.4 is 0 Å². The fourth-order valence-electron chi connectivity index (χ4n) is 7.76. The number of ether oxygens (including phenoxy) is 1. The van der Waals surface area contributed by atoms with Crippen molar-refractivity contribution < 1.29 is 43.1 Å². The maximum atomic E-state index is 8.05. The predicted molar refractivity (Wildman–Crippen MR) is 402 cm³/mol. The van der Waals surface area contributed by atoms with Gasteiger partial charge in [0, 0.05) is 68.7 Å². The molecule has 0 N–H and O–H groups in total. The quantitative estimate of drug-likeness (QED) is 0.145. The van der Waals surface area contributed by atoms with Gasteiger partial charge in [-0.1, -0.05) is 316 Å². The summed E-state index contributed by atoms with van der Waals surface area (Å²) >= 11 is 0. The average molecular weight is 1230 g/mol. The molecule has 0 fully saturated rings. The molecule has 7 rings (SSSR count). The Kier molecular flexibility index (Phi) is 24.2. The van der Waals surface area contributed by atoms with E-state index < -0.39 is 103 Å². The molecule has 0 saturated carbocycles. The second-order valence-electron chi connectivity index (χ2n) is 23.6. The van der Waals surface area contributed by atoms with E-state index in [1.54, 1.807) is 46.3 Å². The number of hydrogen-bond acceptors (Lipinski definition) is 1. The van der Waals surface area contributed by atoms with Gasteiger partial charge in [0.15, 0.2) is 0 Å². The molecule has 0 heterocycles. The number of rotatable bonds is 7. The van der Waals surface area contributed by atoms with Gasteiger partial charge in [0.25, 0.3) is 0 Å². The molecular weight excluding hydrogens is 1070 g/mol. The average Bonchev–Trinajstić information content (AvgIpc) is 0.714. The van der Waals surface area contributed by atoms with Crippen molar-refractivity contribution in [2.24, 2.45) is 0 Å². The van der Waals surface area contributed by atoms with Crippen LogP contribution in [0.5, 0.6) is 0 Å². The molecular formula is C83H134OSi2. The molecule has 0 aliphatic rings. The molecule has 3 heteroatoms. The summed E-state index contributed by atoms with van der Waals surface area (Å²) in [7, 11) is -3.93. The van der Waals surface area contributed by atoms with Crippen LogP contribution in [0, 0.1) is 82.9 Å². The zero-order valence-corrected chi connectivity index (χ0v) is 60.3. The molecule has 0 saturated heterocycles. The summed E-state index contributed by atoms with van der Waals surface area (Å²) in [5.74, 6) is -9.35. The third-order valence-corrected chi connectivity index (χ3v) is 15.5. The van der Waals surface area contributed by atoms with Crippen molar-refractivity contribution in [2.45, 2.75) is 259 Å². The zero-order valence-electron chi connectivity index (χ0n) is 86.3. The number of benzene rings is 7. The van der Waals surface area contributed by atoms with Gasteiger partial charge in [-0.05, 0) is 190 Å². The second-order valence-corrected chi connectivity index (χ2v) is 30.3. The normalized spacial score (nSPS) is 17.2. The van der Waals surface area contributed by atoms with E-state index in [1.807, 2.05) is 220 Å². The van der Waals surface area contributed by atoms with Crippen LogP contribution in [-0.2, 0) is 10.2 Å². The molecule has 0 aliphatic carbocycles. The Morgan fingerprint density at radius 1 is 0.419 bits per heavy atom. The lowest BCUT2D eigenvalue weighted by Crippen LogP contribution is -2.25. The molecule has 7 aromatic rings. The first-order chi connectivity index (χ1) is 50.5. The third kappa shape index (κ3) is 39.7. The standard InChI is InChI=1S/C13H20.C11H16.3C10H14.2C8H10.C7H18Si.C4H12Si.C2H6O/c1-9(2)12-7-6-8-13(10(3)4)11(12)5;1-9-7-5-6-8-10(9)11(2,3)4;1-7-5-8(2)10(4)9(3)6-7;2*1-8(2)10-7-5-4-6-9(10)3;1-7-3-5-8(2)6-4-7;1-7-5-3-4-6-8(7)2;1-5-8(4,6-2)7-3;1-5(2,3)4;1-3-2/h6-10H,1-5H3;5-8H,1-4H3;5-6H,1-4H3;2*4-8H,1-3H3;2*3-6H,1-2H3;5-7H2,1-4H3;1-4H3;1-2H3/i9D,10D;2*2D3;2*8D;;1D3;1D3,5D2,6D2,7D2;1D3,2D3;. The van der Waals surface area contributed by atoms with Gasteiger partial charge >= 0.3 is 0 Å². The van der Waals surface area contributed by atoms with Gasteiger partial charge in [0.1, 0.15) is 0 Å². The molecule has 0 radical (unpaired) electrons. The van der Waals surface area contributed by atoms with Crippen LogP contribution in [0.1, 0.15) is 253 Å². The van der Waals surface area contributed by atoms with Crippen LogP contribution in [0.15, 0.2) is 152 Å². The predicted octanol–water partition coefficient (Wildman–Crippen LogP) is 26.6. The van der Waals surface area contributed by atoms with Crippen LogP contribution in [0.25, 0.3) is 0 Å². The monoisotopic (exact) mass is 1230 g/mol. The van der Waals surface area contributed by atoms with Gasteiger partial charge in [-0.15, -0.1) is 0 Å². The molecule has 0 aliphatic heterocycles. The minimum Gasteiger partial charge on any atom is -0.388 e. The van der Waals surface area contributed by atoms with Crippen molar-refractivity contribution >= 4 is 16.1 Å². The molecule has 7 aromatic carbocycles. The first-order valence-electron chi connectivity index (χ1n) is 43.3. The Labute approximate surface area is 577 Å². The van der Waals surface area contributed by atoms with E-state index in [0.29, 0.717) is 11.1 Å². The molecule has 480 valence electrons. The van der Waals surface area contributed by atoms with E-state index in [1.165, 1.54) is 35.3 Å². The molecule has 1 nitrogen and oxygen atoms in total. The van der Waals surface area contributed by atoms with Crippen LogP contribution in [-0.4, -0.2) is 30.4 Å². The maximum absolute atomic E-state index is 8.05.